The maximum absolute atomic E-state index is 14.0. The zero-order valence-electron chi connectivity index (χ0n) is 33.3. The highest BCUT2D eigenvalue weighted by atomic mass is 32.2. The summed E-state index contributed by atoms with van der Waals surface area (Å²) in [6.45, 7) is 22.4. The van der Waals surface area contributed by atoms with E-state index in [1.807, 2.05) is 0 Å². The molecule has 7 rings (SSSR count). The highest BCUT2D eigenvalue weighted by Crippen LogP contribution is 2.76. The fourth-order valence-corrected chi connectivity index (χ4v) is 16.1. The molecule has 7 aliphatic rings. The number of nitrogens with zero attached hydrogens (tertiary/aromatic N) is 1. The number of alkyl halides is 1. The van der Waals surface area contributed by atoms with Crippen LogP contribution in [0.15, 0.2) is 35.5 Å². The SMILES string of the molecule is C=C(C)C1CCC2(NCCN3CCCS(=O)(=O)CC3)CCC3(C)C(CCC4C5(C)CC=C(C6=CCC(CF)(C(=O)O)CC6)C(C)(C)C5CCC43C)C12. The average molecular weight is 741 g/mol. The Morgan fingerprint density at radius 2 is 1.71 bits per heavy atom. The largest absolute Gasteiger partial charge is 0.481 e. The van der Waals surface area contributed by atoms with Gasteiger partial charge in [0.2, 0.25) is 0 Å². The van der Waals surface area contributed by atoms with E-state index in [0.29, 0.717) is 60.5 Å². The molecule has 0 radical (unpaired) electrons. The van der Waals surface area contributed by atoms with Gasteiger partial charge < -0.3 is 15.3 Å². The van der Waals surface area contributed by atoms with E-state index in [9.17, 15) is 22.7 Å². The predicted molar refractivity (Wildman–Crippen MR) is 208 cm³/mol. The smallest absolute Gasteiger partial charge is 0.312 e. The molecule has 10 atom stereocenters. The molecule has 6 nitrogen and oxygen atoms in total. The third kappa shape index (κ3) is 5.87. The molecule has 0 spiro atoms. The molecule has 6 aliphatic carbocycles. The van der Waals surface area contributed by atoms with E-state index in [-0.39, 0.29) is 33.6 Å². The number of rotatable bonds is 8. The Morgan fingerprint density at radius 3 is 2.38 bits per heavy atom. The summed E-state index contributed by atoms with van der Waals surface area (Å²) in [6.07, 6.45) is 17.7. The second-order valence-corrected chi connectivity index (χ2v) is 22.6. The Kier molecular flexibility index (Phi) is 9.92. The molecule has 0 aromatic heterocycles. The number of nitrogens with one attached hydrogen (secondary N) is 1. The highest BCUT2D eigenvalue weighted by Gasteiger charge is 2.70. The van der Waals surface area contributed by atoms with Crippen LogP contribution < -0.4 is 5.32 Å². The number of sulfone groups is 1. The molecule has 8 heteroatoms. The fourth-order valence-electron chi connectivity index (χ4n) is 14.8. The third-order valence-corrected chi connectivity index (χ3v) is 19.6. The van der Waals surface area contributed by atoms with E-state index in [1.165, 1.54) is 68.1 Å². The Labute approximate surface area is 314 Å². The van der Waals surface area contributed by atoms with Crippen molar-refractivity contribution in [2.24, 2.45) is 56.7 Å². The molecular weight excluding hydrogens is 672 g/mol. The summed E-state index contributed by atoms with van der Waals surface area (Å²) >= 11 is 0. The molecule has 4 saturated carbocycles. The van der Waals surface area contributed by atoms with Crippen LogP contribution in [0.1, 0.15) is 125 Å². The number of allylic oxidation sites excluding steroid dienone is 5. The van der Waals surface area contributed by atoms with Gasteiger partial charge in [0.05, 0.1) is 16.9 Å². The van der Waals surface area contributed by atoms with Crippen LogP contribution in [-0.4, -0.2) is 74.3 Å². The number of carboxylic acids is 1. The molecule has 5 fully saturated rings. The van der Waals surface area contributed by atoms with Crippen LogP contribution in [0.25, 0.3) is 0 Å². The summed E-state index contributed by atoms with van der Waals surface area (Å²) < 4.78 is 38.5. The first-order chi connectivity index (χ1) is 24.4. The number of fused-ring (bicyclic) bond motifs is 7. The van der Waals surface area contributed by atoms with Crippen molar-refractivity contribution >= 4 is 15.8 Å². The lowest BCUT2D eigenvalue weighted by Gasteiger charge is -2.72. The van der Waals surface area contributed by atoms with Crippen molar-refractivity contribution < 1.29 is 22.7 Å². The molecule has 52 heavy (non-hydrogen) atoms. The van der Waals surface area contributed by atoms with Crippen LogP contribution in [-0.2, 0) is 14.6 Å². The van der Waals surface area contributed by atoms with Crippen LogP contribution in [0.3, 0.4) is 0 Å². The maximum atomic E-state index is 14.0. The van der Waals surface area contributed by atoms with Gasteiger partial charge in [-0.05, 0) is 159 Å². The molecule has 2 N–H and O–H groups in total. The predicted octanol–water partition coefficient (Wildman–Crippen LogP) is 8.79. The minimum absolute atomic E-state index is 0.0173. The number of aliphatic carboxylic acids is 1. The first kappa shape index (κ1) is 38.8. The maximum Gasteiger partial charge on any atom is 0.312 e. The zero-order valence-corrected chi connectivity index (χ0v) is 34.1. The number of carbonyl (C=O) groups is 1. The Hall–Kier alpha value is -1.51. The lowest BCUT2D eigenvalue weighted by Crippen LogP contribution is -2.68. The molecule has 1 aliphatic heterocycles. The van der Waals surface area contributed by atoms with E-state index in [4.69, 9.17) is 0 Å². The van der Waals surface area contributed by atoms with E-state index in [0.717, 1.165) is 32.5 Å². The van der Waals surface area contributed by atoms with Crippen LogP contribution in [0.4, 0.5) is 4.39 Å². The topological polar surface area (TPSA) is 86.7 Å². The van der Waals surface area contributed by atoms with E-state index < -0.39 is 27.9 Å². The summed E-state index contributed by atoms with van der Waals surface area (Å²) in [4.78, 5) is 14.4. The zero-order chi connectivity index (χ0) is 37.5. The minimum Gasteiger partial charge on any atom is -0.481 e. The standard InChI is InChI=1S/C44H69FN2O4S/c1-30(2)32-13-20-44(46-23-25-47-24-8-27-52(50,51)28-26-47)22-21-41(6)34(37(32)44)9-10-36-40(5)16-14-33(39(3,4)35(40)15-17-42(36,41)7)31-11-18-43(29-45,19-12-31)38(48)49/h11,14,32,34-37,46H,1,8-10,12-13,15-29H2,2-7H3,(H,48,49). The van der Waals surface area contributed by atoms with Gasteiger partial charge in [0.1, 0.15) is 6.67 Å². The van der Waals surface area contributed by atoms with Crippen molar-refractivity contribution in [3.63, 3.8) is 0 Å². The molecule has 0 amide bonds. The van der Waals surface area contributed by atoms with Crippen LogP contribution >= 0.6 is 0 Å². The van der Waals surface area contributed by atoms with E-state index >= 15 is 0 Å². The van der Waals surface area contributed by atoms with Crippen LogP contribution in [0, 0.1) is 56.7 Å². The van der Waals surface area contributed by atoms with Gasteiger partial charge >= 0.3 is 5.97 Å². The van der Waals surface area contributed by atoms with Crippen LogP contribution in [0.5, 0.6) is 0 Å². The second kappa shape index (κ2) is 13.3. The van der Waals surface area contributed by atoms with Gasteiger partial charge in [0.15, 0.2) is 9.84 Å². The van der Waals surface area contributed by atoms with Crippen molar-refractivity contribution in [3.8, 4) is 0 Å². The summed E-state index contributed by atoms with van der Waals surface area (Å²) in [7, 11) is -2.91. The van der Waals surface area contributed by atoms with Crippen molar-refractivity contribution in [1.82, 2.24) is 10.2 Å². The normalized spacial score (nSPS) is 45.6. The monoisotopic (exact) mass is 740 g/mol. The molecule has 10 unspecified atom stereocenters. The lowest BCUT2D eigenvalue weighted by atomic mass is 9.33. The Bertz CT molecular complexity index is 1620. The first-order valence-electron chi connectivity index (χ1n) is 20.9. The second-order valence-electron chi connectivity index (χ2n) is 20.3. The summed E-state index contributed by atoms with van der Waals surface area (Å²) in [6, 6.07) is 0. The van der Waals surface area contributed by atoms with E-state index in [2.05, 4.69) is 70.5 Å². The van der Waals surface area contributed by atoms with Gasteiger partial charge in [-0.1, -0.05) is 58.9 Å². The van der Waals surface area contributed by atoms with E-state index in [1.54, 1.807) is 0 Å². The molecule has 1 saturated heterocycles. The van der Waals surface area contributed by atoms with Crippen molar-refractivity contribution in [2.45, 2.75) is 131 Å². The minimum atomic E-state index is -2.91. The van der Waals surface area contributed by atoms with Crippen molar-refractivity contribution in [2.75, 3.05) is 44.4 Å². The third-order valence-electron chi connectivity index (χ3n) is 17.9. The summed E-state index contributed by atoms with van der Waals surface area (Å²) in [5.74, 6) is 2.61. The molecular formula is C44H69FN2O4S. The molecule has 0 bridgehead atoms. The van der Waals surface area contributed by atoms with Gasteiger partial charge in [-0.25, -0.2) is 12.8 Å². The molecule has 0 aromatic carbocycles. The van der Waals surface area contributed by atoms with Crippen LogP contribution in [0.2, 0.25) is 0 Å². The van der Waals surface area contributed by atoms with Gasteiger partial charge in [0.25, 0.3) is 0 Å². The van der Waals surface area contributed by atoms with Gasteiger partial charge in [-0.3, -0.25) is 4.79 Å². The number of hydrogen-bond acceptors (Lipinski definition) is 5. The number of carboxylic acid groups (broad SMARTS) is 1. The Balaban J connectivity index is 1.13. The lowest BCUT2D eigenvalue weighted by molar-refractivity contribution is -0.221. The first-order valence-corrected chi connectivity index (χ1v) is 22.7. The summed E-state index contributed by atoms with van der Waals surface area (Å²) in [5, 5.41) is 14.0. The fraction of sp³-hybridized carbons (Fsp3) is 0.841. The molecule has 0 aromatic rings. The average Bonchev–Trinajstić information content (AvgIpc) is 3.38. The molecule has 292 valence electrons. The van der Waals surface area contributed by atoms with Gasteiger partial charge in [-0.15, -0.1) is 0 Å². The van der Waals surface area contributed by atoms with Crippen molar-refractivity contribution in [1.29, 1.82) is 0 Å². The Morgan fingerprint density at radius 1 is 0.942 bits per heavy atom. The highest BCUT2D eigenvalue weighted by molar-refractivity contribution is 7.91. The number of halogens is 1. The van der Waals surface area contributed by atoms with Gasteiger partial charge in [0, 0.05) is 25.2 Å². The number of hydrogen-bond donors (Lipinski definition) is 2. The van der Waals surface area contributed by atoms with Gasteiger partial charge in [-0.2, -0.15) is 0 Å². The summed E-state index contributed by atoms with van der Waals surface area (Å²) in [5.41, 5.74) is 3.59. The molecule has 1 heterocycles. The van der Waals surface area contributed by atoms with Crippen molar-refractivity contribution in [3.05, 3.63) is 35.5 Å². The quantitative estimate of drug-likeness (QED) is 0.242.